The molecular weight excluding hydrogens is 238 g/mol. The van der Waals surface area contributed by atoms with Crippen LogP contribution < -0.4 is 4.87 Å². The minimum atomic E-state index is -1.04. The number of aliphatic carboxylic acids is 1. The summed E-state index contributed by atoms with van der Waals surface area (Å²) in [6.07, 6.45) is 0. The fourth-order valence-corrected chi connectivity index (χ4v) is 2.49. The number of thiazole rings is 1. The number of rotatable bonds is 2. The van der Waals surface area contributed by atoms with Crippen LogP contribution in [0.25, 0.3) is 10.2 Å². The summed E-state index contributed by atoms with van der Waals surface area (Å²) >= 11 is 6.76. The lowest BCUT2D eigenvalue weighted by molar-refractivity contribution is -0.137. The van der Waals surface area contributed by atoms with Crippen molar-refractivity contribution in [2.24, 2.45) is 0 Å². The van der Waals surface area contributed by atoms with Crippen LogP contribution in [-0.2, 0) is 11.3 Å². The lowest BCUT2D eigenvalue weighted by Crippen LogP contribution is -2.18. The normalized spacial score (nSPS) is 10.7. The van der Waals surface area contributed by atoms with Crippen LogP contribution in [-0.4, -0.2) is 15.6 Å². The van der Waals surface area contributed by atoms with E-state index in [0.29, 0.717) is 15.2 Å². The van der Waals surface area contributed by atoms with Crippen LogP contribution in [0.4, 0.5) is 0 Å². The first kappa shape index (κ1) is 10.2. The Bertz CT molecular complexity index is 587. The quantitative estimate of drug-likeness (QED) is 0.875. The second-order valence-electron chi connectivity index (χ2n) is 2.96. The topological polar surface area (TPSA) is 59.3 Å². The lowest BCUT2D eigenvalue weighted by atomic mass is 10.3. The van der Waals surface area contributed by atoms with Gasteiger partial charge in [0.15, 0.2) is 0 Å². The van der Waals surface area contributed by atoms with Crippen LogP contribution in [0, 0.1) is 0 Å². The molecule has 0 aliphatic carbocycles. The highest BCUT2D eigenvalue weighted by atomic mass is 35.5. The van der Waals surface area contributed by atoms with Crippen molar-refractivity contribution in [3.05, 3.63) is 32.9 Å². The summed E-state index contributed by atoms with van der Waals surface area (Å²) in [5.41, 5.74) is 0.608. The Balaban J connectivity index is 2.68. The number of carboxylic acids is 1. The second-order valence-corrected chi connectivity index (χ2v) is 4.39. The van der Waals surface area contributed by atoms with E-state index < -0.39 is 5.97 Å². The smallest absolute Gasteiger partial charge is 0.323 e. The first-order valence-electron chi connectivity index (χ1n) is 4.08. The fourth-order valence-electron chi connectivity index (χ4n) is 1.33. The second kappa shape index (κ2) is 3.67. The van der Waals surface area contributed by atoms with Crippen LogP contribution >= 0.6 is 22.9 Å². The average Bonchev–Trinajstić information content (AvgIpc) is 2.41. The molecule has 6 heteroatoms. The van der Waals surface area contributed by atoms with Gasteiger partial charge < -0.3 is 5.11 Å². The standard InChI is InChI=1S/C9H6ClNO3S/c10-5-1-2-6-7(3-5)15-9(14)11(6)4-8(12)13/h1-3H,4H2,(H,12,13). The van der Waals surface area contributed by atoms with E-state index >= 15 is 0 Å². The summed E-state index contributed by atoms with van der Waals surface area (Å²) in [4.78, 5) is 21.7. The third kappa shape index (κ3) is 1.88. The Morgan fingerprint density at radius 1 is 1.53 bits per heavy atom. The SMILES string of the molecule is O=C(O)Cn1c(=O)sc2cc(Cl)ccc21. The van der Waals surface area contributed by atoms with E-state index in [1.54, 1.807) is 18.2 Å². The number of benzene rings is 1. The molecular formula is C9H6ClNO3S. The minimum absolute atomic E-state index is 0.283. The molecule has 0 unspecified atom stereocenters. The molecule has 2 aromatic rings. The molecule has 1 heterocycles. The Kier molecular flexibility index (Phi) is 2.50. The number of carboxylic acid groups (broad SMARTS) is 1. The molecule has 1 N–H and O–H groups in total. The van der Waals surface area contributed by atoms with Crippen molar-refractivity contribution in [3.8, 4) is 0 Å². The maximum atomic E-state index is 11.5. The van der Waals surface area contributed by atoms with Gasteiger partial charge in [-0.15, -0.1) is 0 Å². The minimum Gasteiger partial charge on any atom is -0.480 e. The molecule has 0 spiro atoms. The molecule has 0 amide bonds. The van der Waals surface area contributed by atoms with Crippen molar-refractivity contribution >= 4 is 39.1 Å². The molecule has 15 heavy (non-hydrogen) atoms. The summed E-state index contributed by atoms with van der Waals surface area (Å²) in [6, 6.07) is 4.94. The van der Waals surface area contributed by atoms with Gasteiger partial charge in [0.1, 0.15) is 6.54 Å². The summed E-state index contributed by atoms with van der Waals surface area (Å²) in [5, 5.41) is 9.18. The van der Waals surface area contributed by atoms with Gasteiger partial charge in [0.05, 0.1) is 10.2 Å². The van der Waals surface area contributed by atoms with Gasteiger partial charge in [0.2, 0.25) is 0 Å². The van der Waals surface area contributed by atoms with E-state index in [-0.39, 0.29) is 11.4 Å². The molecule has 0 aliphatic rings. The molecule has 1 aromatic heterocycles. The molecule has 1 aromatic carbocycles. The first-order valence-corrected chi connectivity index (χ1v) is 5.28. The number of hydrogen-bond acceptors (Lipinski definition) is 3. The lowest BCUT2D eigenvalue weighted by Gasteiger charge is -1.98. The zero-order valence-corrected chi connectivity index (χ0v) is 9.01. The maximum Gasteiger partial charge on any atom is 0.323 e. The van der Waals surface area contributed by atoms with Gasteiger partial charge in [-0.3, -0.25) is 14.2 Å². The number of nitrogens with zero attached hydrogens (tertiary/aromatic N) is 1. The molecule has 78 valence electrons. The van der Waals surface area contributed by atoms with E-state index in [4.69, 9.17) is 16.7 Å². The molecule has 0 aliphatic heterocycles. The molecule has 0 bridgehead atoms. The van der Waals surface area contributed by atoms with E-state index in [1.165, 1.54) is 4.57 Å². The van der Waals surface area contributed by atoms with Crippen LogP contribution in [0.3, 0.4) is 0 Å². The largest absolute Gasteiger partial charge is 0.480 e. The first-order chi connectivity index (χ1) is 7.08. The molecule has 0 saturated carbocycles. The number of hydrogen-bond donors (Lipinski definition) is 1. The highest BCUT2D eigenvalue weighted by Crippen LogP contribution is 2.21. The Morgan fingerprint density at radius 2 is 2.27 bits per heavy atom. The van der Waals surface area contributed by atoms with Crippen LogP contribution in [0.2, 0.25) is 5.02 Å². The summed E-state index contributed by atoms with van der Waals surface area (Å²) in [7, 11) is 0. The van der Waals surface area contributed by atoms with Crippen molar-refractivity contribution in [1.82, 2.24) is 4.57 Å². The fraction of sp³-hybridized carbons (Fsp3) is 0.111. The highest BCUT2D eigenvalue weighted by molar-refractivity contribution is 7.16. The maximum absolute atomic E-state index is 11.5. The average molecular weight is 244 g/mol. The van der Waals surface area contributed by atoms with Gasteiger partial charge >= 0.3 is 10.8 Å². The van der Waals surface area contributed by atoms with Gasteiger partial charge in [0.25, 0.3) is 0 Å². The third-order valence-electron chi connectivity index (χ3n) is 1.92. The number of halogens is 1. The van der Waals surface area contributed by atoms with Crippen LogP contribution in [0.15, 0.2) is 23.0 Å². The Morgan fingerprint density at radius 3 is 2.93 bits per heavy atom. The van der Waals surface area contributed by atoms with E-state index in [0.717, 1.165) is 11.3 Å². The highest BCUT2D eigenvalue weighted by Gasteiger charge is 2.10. The van der Waals surface area contributed by atoms with Crippen LogP contribution in [0.5, 0.6) is 0 Å². The van der Waals surface area contributed by atoms with Crippen molar-refractivity contribution in [1.29, 1.82) is 0 Å². The summed E-state index contributed by atoms with van der Waals surface area (Å²) < 4.78 is 1.92. The van der Waals surface area contributed by atoms with E-state index in [2.05, 4.69) is 0 Å². The van der Waals surface area contributed by atoms with E-state index in [9.17, 15) is 9.59 Å². The third-order valence-corrected chi connectivity index (χ3v) is 3.10. The van der Waals surface area contributed by atoms with Gasteiger partial charge in [-0.1, -0.05) is 22.9 Å². The molecule has 0 fully saturated rings. The Labute approximate surface area is 93.3 Å². The predicted molar refractivity (Wildman–Crippen MR) is 58.7 cm³/mol. The van der Waals surface area contributed by atoms with Crippen molar-refractivity contribution < 1.29 is 9.90 Å². The van der Waals surface area contributed by atoms with Gasteiger partial charge in [-0.05, 0) is 18.2 Å². The number of fused-ring (bicyclic) bond motifs is 1. The Hall–Kier alpha value is -1.33. The van der Waals surface area contributed by atoms with Crippen molar-refractivity contribution in [2.45, 2.75) is 6.54 Å². The van der Waals surface area contributed by atoms with Crippen molar-refractivity contribution in [2.75, 3.05) is 0 Å². The zero-order valence-electron chi connectivity index (χ0n) is 7.44. The van der Waals surface area contributed by atoms with Crippen molar-refractivity contribution in [3.63, 3.8) is 0 Å². The van der Waals surface area contributed by atoms with Gasteiger partial charge in [-0.25, -0.2) is 0 Å². The van der Waals surface area contributed by atoms with Crippen LogP contribution in [0.1, 0.15) is 0 Å². The molecule has 0 saturated heterocycles. The van der Waals surface area contributed by atoms with E-state index in [1.807, 2.05) is 0 Å². The molecule has 0 radical (unpaired) electrons. The number of carbonyl (C=O) groups is 1. The van der Waals surface area contributed by atoms with Gasteiger partial charge in [0, 0.05) is 5.02 Å². The zero-order chi connectivity index (χ0) is 11.0. The summed E-state index contributed by atoms with van der Waals surface area (Å²) in [6.45, 7) is -0.319. The number of aromatic nitrogens is 1. The summed E-state index contributed by atoms with van der Waals surface area (Å²) in [5.74, 6) is -1.04. The molecule has 4 nitrogen and oxygen atoms in total. The predicted octanol–water partition coefficient (Wildman–Crippen LogP) is 1.80. The monoisotopic (exact) mass is 243 g/mol. The van der Waals surface area contributed by atoms with Gasteiger partial charge in [-0.2, -0.15) is 0 Å². The molecule has 0 atom stereocenters. The molecule has 2 rings (SSSR count).